The lowest BCUT2D eigenvalue weighted by atomic mass is 10.2. The molecule has 1 aliphatic heterocycles. The highest BCUT2D eigenvalue weighted by molar-refractivity contribution is 6.06. The molecule has 7 heteroatoms. The van der Waals surface area contributed by atoms with Crippen LogP contribution in [0.2, 0.25) is 0 Å². The molecule has 1 unspecified atom stereocenters. The molecule has 2 rings (SSSR count). The first-order chi connectivity index (χ1) is 8.06. The van der Waals surface area contributed by atoms with Crippen LogP contribution in [0.25, 0.3) is 0 Å². The lowest BCUT2D eigenvalue weighted by Gasteiger charge is -2.18. The van der Waals surface area contributed by atoms with Crippen molar-refractivity contribution in [2.45, 2.75) is 13.1 Å². The Morgan fingerprint density at radius 1 is 1.35 bits per heavy atom. The average Bonchev–Trinajstić information content (AvgIpc) is 2.23. The number of nitrogens with one attached hydrogen (secondary N) is 2. The van der Waals surface area contributed by atoms with E-state index < -0.39 is 0 Å². The Bertz CT molecular complexity index is 497. The van der Waals surface area contributed by atoms with Crippen molar-refractivity contribution in [1.82, 2.24) is 5.32 Å². The molecule has 90 valence electrons. The number of aromatic hydroxyl groups is 2. The van der Waals surface area contributed by atoms with Crippen molar-refractivity contribution in [3.63, 3.8) is 0 Å². The van der Waals surface area contributed by atoms with Crippen LogP contribution in [-0.2, 0) is 0 Å². The first kappa shape index (κ1) is 11.1. The van der Waals surface area contributed by atoms with Crippen LogP contribution in [0.3, 0.4) is 0 Å². The summed E-state index contributed by atoms with van der Waals surface area (Å²) in [5, 5.41) is 24.5. The molecule has 1 aromatic carbocycles. The van der Waals surface area contributed by atoms with Crippen LogP contribution in [0.1, 0.15) is 6.92 Å². The van der Waals surface area contributed by atoms with Gasteiger partial charge in [0.05, 0.1) is 5.69 Å². The third-order valence-corrected chi connectivity index (χ3v) is 2.16. The van der Waals surface area contributed by atoms with Crippen molar-refractivity contribution in [2.24, 2.45) is 15.7 Å². The van der Waals surface area contributed by atoms with Gasteiger partial charge in [0, 0.05) is 0 Å². The second-order valence-electron chi connectivity index (χ2n) is 3.55. The molecule has 0 aromatic heterocycles. The number of phenolic OH excluding ortho intramolecular Hbond substituents is 2. The molecule has 1 heterocycles. The van der Waals surface area contributed by atoms with Crippen LogP contribution in [0.15, 0.2) is 28.2 Å². The first-order valence-corrected chi connectivity index (χ1v) is 5.02. The average molecular weight is 235 g/mol. The third kappa shape index (κ3) is 2.39. The number of benzene rings is 1. The summed E-state index contributed by atoms with van der Waals surface area (Å²) in [4.78, 5) is 8.09. The van der Waals surface area contributed by atoms with E-state index in [2.05, 4.69) is 20.6 Å². The monoisotopic (exact) mass is 235 g/mol. The fourth-order valence-electron chi connectivity index (χ4n) is 1.43. The van der Waals surface area contributed by atoms with Gasteiger partial charge in [0.25, 0.3) is 0 Å². The molecule has 0 aliphatic carbocycles. The zero-order chi connectivity index (χ0) is 12.4. The van der Waals surface area contributed by atoms with Crippen LogP contribution in [0.4, 0.5) is 5.69 Å². The summed E-state index contributed by atoms with van der Waals surface area (Å²) in [6, 6.07) is 4.59. The molecular formula is C10H13N5O2. The number of aliphatic imine (C=N–C) groups is 2. The molecule has 0 spiro atoms. The summed E-state index contributed by atoms with van der Waals surface area (Å²) in [5.74, 6) is 0.160. The minimum absolute atomic E-state index is 0.207. The summed E-state index contributed by atoms with van der Waals surface area (Å²) in [5.41, 5.74) is 5.87. The number of phenols is 2. The number of nitrogens with two attached hydrogens (primary N) is 1. The predicted octanol–water partition coefficient (Wildman–Crippen LogP) is 0.130. The van der Waals surface area contributed by atoms with E-state index in [-0.39, 0.29) is 23.6 Å². The standard InChI is InChI=1S/C10H13N5O2/c1-5-12-9(11)15-10(13-5)14-6-3-2-4-7(16)8(6)17/h2-5,16-17H,1H3,(H4,11,12,13,14,15). The molecule has 1 aromatic rings. The Morgan fingerprint density at radius 2 is 2.12 bits per heavy atom. The van der Waals surface area contributed by atoms with Gasteiger partial charge in [0.15, 0.2) is 17.5 Å². The summed E-state index contributed by atoms with van der Waals surface area (Å²) < 4.78 is 0. The third-order valence-electron chi connectivity index (χ3n) is 2.16. The van der Waals surface area contributed by atoms with Crippen molar-refractivity contribution in [1.29, 1.82) is 0 Å². The number of hydrogen-bond acceptors (Lipinski definition) is 7. The van der Waals surface area contributed by atoms with Crippen molar-refractivity contribution < 1.29 is 10.2 Å². The van der Waals surface area contributed by atoms with Crippen molar-refractivity contribution in [3.8, 4) is 11.5 Å². The number of nitrogens with zero attached hydrogens (tertiary/aromatic N) is 2. The maximum atomic E-state index is 9.60. The van der Waals surface area contributed by atoms with Crippen LogP contribution in [0, 0.1) is 0 Å². The fourth-order valence-corrected chi connectivity index (χ4v) is 1.43. The molecule has 0 bridgehead atoms. The second kappa shape index (κ2) is 4.20. The minimum Gasteiger partial charge on any atom is -0.504 e. The van der Waals surface area contributed by atoms with Gasteiger partial charge >= 0.3 is 0 Å². The number of hydrogen-bond donors (Lipinski definition) is 5. The normalized spacial score (nSPS) is 19.0. The molecular weight excluding hydrogens is 222 g/mol. The number of rotatable bonds is 1. The van der Waals surface area contributed by atoms with E-state index in [0.29, 0.717) is 11.6 Å². The molecule has 0 saturated carbocycles. The Kier molecular flexibility index (Phi) is 2.73. The molecule has 1 aliphatic rings. The lowest BCUT2D eigenvalue weighted by molar-refractivity contribution is 0.405. The van der Waals surface area contributed by atoms with Gasteiger partial charge in [-0.25, -0.2) is 9.98 Å². The van der Waals surface area contributed by atoms with Crippen molar-refractivity contribution >= 4 is 17.6 Å². The van der Waals surface area contributed by atoms with E-state index in [4.69, 9.17) is 5.73 Å². The lowest BCUT2D eigenvalue weighted by Crippen LogP contribution is -2.44. The molecule has 6 N–H and O–H groups in total. The van der Waals surface area contributed by atoms with Gasteiger partial charge in [0.2, 0.25) is 5.96 Å². The quantitative estimate of drug-likeness (QED) is 0.444. The first-order valence-electron chi connectivity index (χ1n) is 5.02. The predicted molar refractivity (Wildman–Crippen MR) is 65.0 cm³/mol. The van der Waals surface area contributed by atoms with Gasteiger partial charge in [-0.2, -0.15) is 0 Å². The van der Waals surface area contributed by atoms with Crippen LogP contribution in [-0.4, -0.2) is 28.3 Å². The van der Waals surface area contributed by atoms with Crippen LogP contribution in [0.5, 0.6) is 11.5 Å². The molecule has 0 radical (unpaired) electrons. The highest BCUT2D eigenvalue weighted by Gasteiger charge is 2.13. The number of anilines is 1. The number of guanidine groups is 2. The second-order valence-corrected chi connectivity index (χ2v) is 3.55. The van der Waals surface area contributed by atoms with E-state index in [0.717, 1.165) is 0 Å². The molecule has 0 amide bonds. The molecule has 7 nitrogen and oxygen atoms in total. The molecule has 17 heavy (non-hydrogen) atoms. The molecule has 1 atom stereocenters. The van der Waals surface area contributed by atoms with Crippen LogP contribution >= 0.6 is 0 Å². The maximum absolute atomic E-state index is 9.60. The van der Waals surface area contributed by atoms with E-state index in [9.17, 15) is 10.2 Å². The largest absolute Gasteiger partial charge is 0.504 e. The Labute approximate surface area is 97.7 Å². The Hall–Kier alpha value is -2.44. The Balaban J connectivity index is 2.19. The van der Waals surface area contributed by atoms with Gasteiger partial charge in [-0.1, -0.05) is 6.07 Å². The number of para-hydroxylation sites is 1. The van der Waals surface area contributed by atoms with E-state index in [1.807, 2.05) is 0 Å². The smallest absolute Gasteiger partial charge is 0.204 e. The zero-order valence-corrected chi connectivity index (χ0v) is 9.18. The van der Waals surface area contributed by atoms with Crippen molar-refractivity contribution in [3.05, 3.63) is 18.2 Å². The fraction of sp³-hybridized carbons (Fsp3) is 0.200. The zero-order valence-electron chi connectivity index (χ0n) is 9.18. The highest BCUT2D eigenvalue weighted by atomic mass is 16.3. The summed E-state index contributed by atoms with van der Waals surface area (Å²) in [7, 11) is 0. The molecule has 0 fully saturated rings. The Morgan fingerprint density at radius 3 is 2.82 bits per heavy atom. The van der Waals surface area contributed by atoms with E-state index in [1.54, 1.807) is 19.1 Å². The highest BCUT2D eigenvalue weighted by Crippen LogP contribution is 2.32. The maximum Gasteiger partial charge on any atom is 0.204 e. The minimum atomic E-state index is -0.293. The topological polar surface area (TPSA) is 115 Å². The summed E-state index contributed by atoms with van der Waals surface area (Å²) >= 11 is 0. The summed E-state index contributed by atoms with van der Waals surface area (Å²) in [6.45, 7) is 1.78. The van der Waals surface area contributed by atoms with Crippen molar-refractivity contribution in [2.75, 3.05) is 5.32 Å². The van der Waals surface area contributed by atoms with Gasteiger partial charge in [-0.15, -0.1) is 0 Å². The molecule has 0 saturated heterocycles. The SMILES string of the molecule is CC1N=C(N)NC(Nc2cccc(O)c2O)=N1. The summed E-state index contributed by atoms with van der Waals surface area (Å²) in [6.07, 6.45) is -0.293. The van der Waals surface area contributed by atoms with Gasteiger partial charge in [-0.05, 0) is 19.1 Å². The van der Waals surface area contributed by atoms with Crippen LogP contribution < -0.4 is 16.4 Å². The van der Waals surface area contributed by atoms with Gasteiger partial charge < -0.3 is 21.3 Å². The van der Waals surface area contributed by atoms with E-state index >= 15 is 0 Å². The van der Waals surface area contributed by atoms with E-state index in [1.165, 1.54) is 6.07 Å². The van der Waals surface area contributed by atoms with Gasteiger partial charge in [0.1, 0.15) is 6.17 Å². The van der Waals surface area contributed by atoms with Gasteiger partial charge in [-0.3, -0.25) is 5.32 Å².